The van der Waals surface area contributed by atoms with E-state index in [9.17, 15) is 4.79 Å². The molecule has 0 bridgehead atoms. The van der Waals surface area contributed by atoms with Crippen molar-refractivity contribution in [2.45, 2.75) is 0 Å². The lowest BCUT2D eigenvalue weighted by atomic mass is 10.2. The van der Waals surface area contributed by atoms with Crippen molar-refractivity contribution in [2.75, 3.05) is 5.73 Å². The largest absolute Gasteiger partial charge is 0.477 e. The van der Waals surface area contributed by atoms with E-state index in [2.05, 4.69) is 4.98 Å². The van der Waals surface area contributed by atoms with Gasteiger partial charge >= 0.3 is 5.97 Å². The quantitative estimate of drug-likeness (QED) is 0.812. The number of nitrogens with two attached hydrogens (primary N) is 1. The second-order valence-electron chi connectivity index (χ2n) is 2.95. The number of carboxylic acids is 1. The maximum absolute atomic E-state index is 10.7. The van der Waals surface area contributed by atoms with E-state index in [0.717, 1.165) is 5.56 Å². The summed E-state index contributed by atoms with van der Waals surface area (Å²) in [6.45, 7) is 0. The Labute approximate surface area is 90.0 Å². The average molecular weight is 220 g/mol. The van der Waals surface area contributed by atoms with Crippen LogP contribution in [0.5, 0.6) is 0 Å². The molecule has 0 aliphatic rings. The van der Waals surface area contributed by atoms with Gasteiger partial charge in [-0.1, -0.05) is 6.07 Å². The summed E-state index contributed by atoms with van der Waals surface area (Å²) in [4.78, 5) is 15.1. The van der Waals surface area contributed by atoms with Crippen molar-refractivity contribution in [1.82, 2.24) is 4.98 Å². The molecule has 0 atom stereocenters. The SMILES string of the molecule is Nc1cccc(-c2csc(C(=O)O)c2)n1. The first-order valence-electron chi connectivity index (χ1n) is 4.21. The molecule has 2 aromatic heterocycles. The van der Waals surface area contributed by atoms with Crippen molar-refractivity contribution in [3.63, 3.8) is 0 Å². The molecule has 0 unspecified atom stereocenters. The van der Waals surface area contributed by atoms with Crippen LogP contribution < -0.4 is 5.73 Å². The van der Waals surface area contributed by atoms with E-state index in [1.165, 1.54) is 11.3 Å². The molecule has 5 heteroatoms. The van der Waals surface area contributed by atoms with Crippen LogP contribution in [0.3, 0.4) is 0 Å². The first kappa shape index (κ1) is 9.67. The Balaban J connectivity index is 2.41. The summed E-state index contributed by atoms with van der Waals surface area (Å²) in [5.41, 5.74) is 7.01. The average Bonchev–Trinajstić information content (AvgIpc) is 2.66. The number of hydrogen-bond donors (Lipinski definition) is 2. The van der Waals surface area contributed by atoms with Crippen LogP contribution in [-0.4, -0.2) is 16.1 Å². The Morgan fingerprint density at radius 2 is 2.27 bits per heavy atom. The van der Waals surface area contributed by atoms with Crippen LogP contribution in [0.2, 0.25) is 0 Å². The molecule has 76 valence electrons. The number of hydrogen-bond acceptors (Lipinski definition) is 4. The van der Waals surface area contributed by atoms with Gasteiger partial charge in [0.1, 0.15) is 10.7 Å². The lowest BCUT2D eigenvalue weighted by Crippen LogP contribution is -1.91. The Morgan fingerprint density at radius 1 is 1.47 bits per heavy atom. The standard InChI is InChI=1S/C10H8N2O2S/c11-9-3-1-2-7(12-9)6-4-8(10(13)14)15-5-6/h1-5H,(H2,11,12)(H,13,14). The fraction of sp³-hybridized carbons (Fsp3) is 0. The maximum atomic E-state index is 10.7. The molecule has 0 fully saturated rings. The number of aromatic nitrogens is 1. The van der Waals surface area contributed by atoms with Gasteiger partial charge in [0, 0.05) is 10.9 Å². The minimum atomic E-state index is -0.921. The highest BCUT2D eigenvalue weighted by Crippen LogP contribution is 2.24. The fourth-order valence-corrected chi connectivity index (χ4v) is 1.93. The van der Waals surface area contributed by atoms with Crippen LogP contribution in [-0.2, 0) is 0 Å². The van der Waals surface area contributed by atoms with Gasteiger partial charge in [-0.3, -0.25) is 0 Å². The van der Waals surface area contributed by atoms with Crippen molar-refractivity contribution in [2.24, 2.45) is 0 Å². The van der Waals surface area contributed by atoms with E-state index in [0.29, 0.717) is 16.4 Å². The van der Waals surface area contributed by atoms with Crippen molar-refractivity contribution < 1.29 is 9.90 Å². The van der Waals surface area contributed by atoms with E-state index in [1.54, 1.807) is 29.6 Å². The summed E-state index contributed by atoms with van der Waals surface area (Å²) < 4.78 is 0. The van der Waals surface area contributed by atoms with Crippen molar-refractivity contribution in [3.05, 3.63) is 34.5 Å². The second kappa shape index (κ2) is 3.70. The highest BCUT2D eigenvalue weighted by Gasteiger charge is 2.08. The molecule has 0 radical (unpaired) electrons. The minimum absolute atomic E-state index is 0.300. The lowest BCUT2D eigenvalue weighted by Gasteiger charge is -1.97. The summed E-state index contributed by atoms with van der Waals surface area (Å²) in [5.74, 6) is -0.495. The van der Waals surface area contributed by atoms with Crippen molar-refractivity contribution in [1.29, 1.82) is 0 Å². The van der Waals surface area contributed by atoms with Gasteiger partial charge in [0.15, 0.2) is 0 Å². The van der Waals surface area contributed by atoms with Crippen molar-refractivity contribution in [3.8, 4) is 11.3 Å². The molecule has 2 rings (SSSR count). The molecule has 15 heavy (non-hydrogen) atoms. The van der Waals surface area contributed by atoms with Gasteiger partial charge in [0.05, 0.1) is 5.69 Å². The van der Waals surface area contributed by atoms with Gasteiger partial charge < -0.3 is 10.8 Å². The molecule has 0 saturated heterocycles. The summed E-state index contributed by atoms with van der Waals surface area (Å²) in [6.07, 6.45) is 0. The highest BCUT2D eigenvalue weighted by atomic mass is 32.1. The Bertz CT molecular complexity index is 508. The lowest BCUT2D eigenvalue weighted by molar-refractivity contribution is 0.0702. The number of rotatable bonds is 2. The van der Waals surface area contributed by atoms with Crippen molar-refractivity contribution >= 4 is 23.1 Å². The van der Waals surface area contributed by atoms with Crippen LogP contribution in [0.1, 0.15) is 9.67 Å². The molecule has 0 spiro atoms. The summed E-state index contributed by atoms with van der Waals surface area (Å²) in [7, 11) is 0. The Hall–Kier alpha value is -1.88. The summed E-state index contributed by atoms with van der Waals surface area (Å²) in [6, 6.07) is 6.86. The number of pyridine rings is 1. The topological polar surface area (TPSA) is 76.2 Å². The number of nitrogens with zero attached hydrogens (tertiary/aromatic N) is 1. The van der Waals surface area contributed by atoms with E-state index in [4.69, 9.17) is 10.8 Å². The van der Waals surface area contributed by atoms with Crippen LogP contribution >= 0.6 is 11.3 Å². The molecule has 3 N–H and O–H groups in total. The van der Waals surface area contributed by atoms with Gasteiger partial charge in [-0.2, -0.15) is 0 Å². The molecule has 0 saturated carbocycles. The molecule has 0 aromatic carbocycles. The number of carbonyl (C=O) groups is 1. The molecule has 2 aromatic rings. The fourth-order valence-electron chi connectivity index (χ4n) is 1.19. The third kappa shape index (κ3) is 1.97. The second-order valence-corrected chi connectivity index (χ2v) is 3.86. The normalized spacial score (nSPS) is 10.1. The molecule has 0 amide bonds. The van der Waals surface area contributed by atoms with Gasteiger partial charge in [0.2, 0.25) is 0 Å². The first-order chi connectivity index (χ1) is 7.16. The highest BCUT2D eigenvalue weighted by molar-refractivity contribution is 7.12. The Kier molecular flexibility index (Phi) is 2.39. The van der Waals surface area contributed by atoms with Gasteiger partial charge in [-0.25, -0.2) is 9.78 Å². The van der Waals surface area contributed by atoms with E-state index in [-0.39, 0.29) is 0 Å². The zero-order chi connectivity index (χ0) is 10.8. The number of thiophene rings is 1. The van der Waals surface area contributed by atoms with Crippen LogP contribution in [0.4, 0.5) is 5.82 Å². The predicted octanol–water partition coefficient (Wildman–Crippen LogP) is 2.09. The third-order valence-corrected chi connectivity index (χ3v) is 2.79. The molecular weight excluding hydrogens is 212 g/mol. The molecule has 0 aliphatic carbocycles. The molecule has 0 aliphatic heterocycles. The van der Waals surface area contributed by atoms with E-state index in [1.807, 2.05) is 0 Å². The zero-order valence-corrected chi connectivity index (χ0v) is 8.49. The number of nitrogen functional groups attached to an aromatic ring is 1. The zero-order valence-electron chi connectivity index (χ0n) is 7.68. The third-order valence-electron chi connectivity index (χ3n) is 1.88. The summed E-state index contributed by atoms with van der Waals surface area (Å²) >= 11 is 1.18. The van der Waals surface area contributed by atoms with Gasteiger partial charge in [-0.15, -0.1) is 11.3 Å². The van der Waals surface area contributed by atoms with E-state index < -0.39 is 5.97 Å². The van der Waals surface area contributed by atoms with Crippen LogP contribution in [0.25, 0.3) is 11.3 Å². The molecular formula is C10H8N2O2S. The number of anilines is 1. The Morgan fingerprint density at radius 3 is 2.87 bits per heavy atom. The first-order valence-corrected chi connectivity index (χ1v) is 5.09. The molecule has 2 heterocycles. The van der Waals surface area contributed by atoms with Gasteiger partial charge in [0.25, 0.3) is 0 Å². The van der Waals surface area contributed by atoms with Crippen LogP contribution in [0, 0.1) is 0 Å². The monoisotopic (exact) mass is 220 g/mol. The van der Waals surface area contributed by atoms with Gasteiger partial charge in [-0.05, 0) is 18.2 Å². The minimum Gasteiger partial charge on any atom is -0.477 e. The number of carboxylic acid groups (broad SMARTS) is 1. The number of aromatic carboxylic acids is 1. The van der Waals surface area contributed by atoms with Crippen LogP contribution in [0.15, 0.2) is 29.6 Å². The maximum Gasteiger partial charge on any atom is 0.345 e. The predicted molar refractivity (Wildman–Crippen MR) is 58.9 cm³/mol. The van der Waals surface area contributed by atoms with E-state index >= 15 is 0 Å². The smallest absolute Gasteiger partial charge is 0.345 e. The molecule has 4 nitrogen and oxygen atoms in total. The summed E-state index contributed by atoms with van der Waals surface area (Å²) in [5, 5.41) is 10.5.